The fraction of sp³-hybridized carbons (Fsp3) is 0.122. The number of rotatable bonds is 9. The largest absolute Gasteiger partial charge is 0.288 e. The second kappa shape index (κ2) is 12.2. The van der Waals surface area contributed by atoms with Gasteiger partial charge in [-0.1, -0.05) is 176 Å². The Balaban J connectivity index is 1.76. The topological polar surface area (TPSA) is 12.5 Å². The van der Waals surface area contributed by atoms with Gasteiger partial charge in [-0.05, 0) is 52.8 Å². The van der Waals surface area contributed by atoms with Crippen LogP contribution >= 0.6 is 0 Å². The Kier molecular flexibility index (Phi) is 8.07. The molecule has 2 heteroatoms. The number of hydrogen-bond acceptors (Lipinski definition) is 2. The Morgan fingerprint density at radius 2 is 1.09 bits per heavy atom. The monoisotopic (exact) mass is 559 g/mol. The molecule has 0 fully saturated rings. The van der Waals surface area contributed by atoms with Crippen molar-refractivity contribution in [3.05, 3.63) is 215 Å². The van der Waals surface area contributed by atoms with Gasteiger partial charge in [-0.3, -0.25) is 4.84 Å². The van der Waals surface area contributed by atoms with Crippen LogP contribution in [0.25, 0.3) is 0 Å². The Morgan fingerprint density at radius 1 is 0.628 bits per heavy atom. The van der Waals surface area contributed by atoms with Crippen LogP contribution in [0.1, 0.15) is 53.3 Å². The molecule has 1 aliphatic heterocycles. The standard InChI is InChI=1S/C41H37NO/c1-4-5-10-21-32(2)40(35-24-13-7-14-25-35)38-30-19-20-31-39(38)41(36-26-15-8-16-27-36,37-28-17-9-18-29-37)42(40)43-33(3)34-22-11-6-12-23-34/h4-31,33H,2H2,1,3H3/b5-4-,21-10-. The van der Waals surface area contributed by atoms with Crippen molar-refractivity contribution in [3.8, 4) is 0 Å². The first kappa shape index (κ1) is 28.4. The number of allylic oxidation sites excluding steroid dienone is 3. The molecule has 0 aliphatic carbocycles. The lowest BCUT2D eigenvalue weighted by Crippen LogP contribution is -2.53. The van der Waals surface area contributed by atoms with Crippen LogP contribution in [0.2, 0.25) is 0 Å². The van der Waals surface area contributed by atoms with Crippen molar-refractivity contribution >= 4 is 0 Å². The molecular formula is C41H37NO. The predicted octanol–water partition coefficient (Wildman–Crippen LogP) is 9.92. The van der Waals surface area contributed by atoms with Crippen molar-refractivity contribution in [1.29, 1.82) is 0 Å². The first-order valence-corrected chi connectivity index (χ1v) is 14.9. The minimum atomic E-state index is -0.856. The minimum Gasteiger partial charge on any atom is -0.288 e. The van der Waals surface area contributed by atoms with Gasteiger partial charge in [0.15, 0.2) is 0 Å². The van der Waals surface area contributed by atoms with Gasteiger partial charge in [-0.15, -0.1) is 5.06 Å². The van der Waals surface area contributed by atoms with Gasteiger partial charge in [0.2, 0.25) is 0 Å². The van der Waals surface area contributed by atoms with Gasteiger partial charge in [-0.25, -0.2) is 0 Å². The lowest BCUT2D eigenvalue weighted by Gasteiger charge is -2.48. The van der Waals surface area contributed by atoms with Gasteiger partial charge in [0.05, 0.1) is 0 Å². The van der Waals surface area contributed by atoms with Crippen molar-refractivity contribution in [1.82, 2.24) is 5.06 Å². The van der Waals surface area contributed by atoms with Crippen LogP contribution in [0.3, 0.4) is 0 Å². The van der Waals surface area contributed by atoms with Crippen LogP contribution in [0.5, 0.6) is 0 Å². The summed E-state index contributed by atoms with van der Waals surface area (Å²) in [6.07, 6.45) is 8.02. The Bertz CT molecular complexity index is 1690. The maximum Gasteiger partial charge on any atom is 0.123 e. The molecule has 0 N–H and O–H groups in total. The Labute approximate surface area is 255 Å². The molecule has 6 rings (SSSR count). The molecule has 0 saturated carbocycles. The van der Waals surface area contributed by atoms with Crippen LogP contribution < -0.4 is 0 Å². The highest BCUT2D eigenvalue weighted by atomic mass is 16.7. The molecule has 5 aromatic carbocycles. The highest BCUT2D eigenvalue weighted by Gasteiger charge is 2.63. The van der Waals surface area contributed by atoms with E-state index in [0.717, 1.165) is 39.0 Å². The maximum atomic E-state index is 7.42. The lowest BCUT2D eigenvalue weighted by molar-refractivity contribution is -0.265. The van der Waals surface area contributed by atoms with E-state index in [4.69, 9.17) is 11.4 Å². The van der Waals surface area contributed by atoms with Gasteiger partial charge < -0.3 is 0 Å². The van der Waals surface area contributed by atoms with Crippen molar-refractivity contribution in [2.45, 2.75) is 31.0 Å². The summed E-state index contributed by atoms with van der Waals surface area (Å²) in [5.41, 5.74) is 6.01. The number of hydroxylamine groups is 2. The molecule has 0 amide bonds. The second-order valence-corrected chi connectivity index (χ2v) is 10.9. The highest BCUT2D eigenvalue weighted by molar-refractivity contribution is 5.65. The molecule has 2 atom stereocenters. The fourth-order valence-corrected chi connectivity index (χ4v) is 6.60. The van der Waals surface area contributed by atoms with Gasteiger partial charge in [-0.2, -0.15) is 0 Å². The first-order chi connectivity index (χ1) is 21.1. The number of nitrogens with zero attached hydrogens (tertiary/aromatic N) is 1. The van der Waals surface area contributed by atoms with Crippen LogP contribution in [-0.2, 0) is 15.9 Å². The SMILES string of the molecule is C=C(/C=C\C=C/C)C1(c2ccccc2)c2ccccc2C(c2ccccc2)(c2ccccc2)N1OC(C)c1ccccc1. The van der Waals surface area contributed by atoms with Gasteiger partial charge >= 0.3 is 0 Å². The Hall–Kier alpha value is -4.76. The number of benzene rings is 5. The molecule has 0 bridgehead atoms. The van der Waals surface area contributed by atoms with Gasteiger partial charge in [0.25, 0.3) is 0 Å². The van der Waals surface area contributed by atoms with E-state index in [1.807, 2.05) is 25.1 Å². The van der Waals surface area contributed by atoms with E-state index < -0.39 is 11.1 Å². The summed E-state index contributed by atoms with van der Waals surface area (Å²) in [5.74, 6) is 0. The van der Waals surface area contributed by atoms with E-state index in [9.17, 15) is 0 Å². The zero-order chi connectivity index (χ0) is 29.7. The first-order valence-electron chi connectivity index (χ1n) is 14.9. The molecule has 1 aliphatic rings. The van der Waals surface area contributed by atoms with Crippen molar-refractivity contribution < 1.29 is 4.84 Å². The molecule has 0 saturated heterocycles. The average Bonchev–Trinajstić information content (AvgIpc) is 3.34. The van der Waals surface area contributed by atoms with Crippen LogP contribution in [0.4, 0.5) is 0 Å². The molecular weight excluding hydrogens is 522 g/mol. The molecule has 0 radical (unpaired) electrons. The smallest absolute Gasteiger partial charge is 0.123 e. The second-order valence-electron chi connectivity index (χ2n) is 10.9. The third-order valence-corrected chi connectivity index (χ3v) is 8.49. The molecule has 2 nitrogen and oxygen atoms in total. The summed E-state index contributed by atoms with van der Waals surface area (Å²) in [7, 11) is 0. The van der Waals surface area contributed by atoms with E-state index in [1.54, 1.807) is 0 Å². The zero-order valence-electron chi connectivity index (χ0n) is 24.8. The predicted molar refractivity (Wildman–Crippen MR) is 177 cm³/mol. The molecule has 5 aromatic rings. The van der Waals surface area contributed by atoms with E-state index >= 15 is 0 Å². The van der Waals surface area contributed by atoms with Crippen LogP contribution in [-0.4, -0.2) is 5.06 Å². The van der Waals surface area contributed by atoms with E-state index in [0.29, 0.717) is 0 Å². The normalized spacial score (nSPS) is 18.6. The van der Waals surface area contributed by atoms with Gasteiger partial charge in [0.1, 0.15) is 17.2 Å². The van der Waals surface area contributed by atoms with Crippen LogP contribution in [0, 0.1) is 0 Å². The molecule has 0 aromatic heterocycles. The average molecular weight is 560 g/mol. The third kappa shape index (κ3) is 4.70. The maximum absolute atomic E-state index is 7.42. The zero-order valence-corrected chi connectivity index (χ0v) is 24.8. The van der Waals surface area contributed by atoms with Crippen LogP contribution in [0.15, 0.2) is 182 Å². The van der Waals surface area contributed by atoms with Crippen molar-refractivity contribution in [2.24, 2.45) is 0 Å². The minimum absolute atomic E-state index is 0.252. The van der Waals surface area contributed by atoms with E-state index in [2.05, 4.69) is 164 Å². The summed E-state index contributed by atoms with van der Waals surface area (Å²) in [4.78, 5) is 7.42. The van der Waals surface area contributed by atoms with Crippen molar-refractivity contribution in [3.63, 3.8) is 0 Å². The van der Waals surface area contributed by atoms with E-state index in [-0.39, 0.29) is 6.10 Å². The fourth-order valence-electron chi connectivity index (χ4n) is 6.60. The molecule has 43 heavy (non-hydrogen) atoms. The summed E-state index contributed by atoms with van der Waals surface area (Å²) >= 11 is 0. The quantitative estimate of drug-likeness (QED) is 0.167. The summed E-state index contributed by atoms with van der Waals surface area (Å²) in [6.45, 7) is 8.95. The number of fused-ring (bicyclic) bond motifs is 1. The van der Waals surface area contributed by atoms with E-state index in [1.165, 1.54) is 0 Å². The Morgan fingerprint density at radius 3 is 1.63 bits per heavy atom. The lowest BCUT2D eigenvalue weighted by atomic mass is 9.76. The highest BCUT2D eigenvalue weighted by Crippen LogP contribution is 2.61. The molecule has 0 spiro atoms. The van der Waals surface area contributed by atoms with Gasteiger partial charge in [0, 0.05) is 0 Å². The summed E-state index contributed by atoms with van der Waals surface area (Å²) in [5, 5.41) is 2.25. The van der Waals surface area contributed by atoms with Crippen molar-refractivity contribution in [2.75, 3.05) is 0 Å². The molecule has 1 heterocycles. The number of hydrogen-bond donors (Lipinski definition) is 0. The molecule has 2 unspecified atom stereocenters. The summed E-state index contributed by atoms with van der Waals surface area (Å²) < 4.78 is 0. The summed E-state index contributed by atoms with van der Waals surface area (Å²) in [6, 6.07) is 51.3. The third-order valence-electron chi connectivity index (χ3n) is 8.49. The molecule has 212 valence electrons.